The van der Waals surface area contributed by atoms with Crippen LogP contribution >= 0.6 is 11.6 Å². The van der Waals surface area contributed by atoms with Crippen LogP contribution in [0.4, 0.5) is 0 Å². The highest BCUT2D eigenvalue weighted by Crippen LogP contribution is 2.24. The van der Waals surface area contributed by atoms with E-state index >= 15 is 0 Å². The lowest BCUT2D eigenvalue weighted by Gasteiger charge is -2.25. The second-order valence-corrected chi connectivity index (χ2v) is 5.18. The molecule has 18 heavy (non-hydrogen) atoms. The Morgan fingerprint density at radius 1 is 1.28 bits per heavy atom. The van der Waals surface area contributed by atoms with E-state index in [1.807, 2.05) is 20.8 Å². The van der Waals surface area contributed by atoms with Crippen LogP contribution in [0.5, 0.6) is 0 Å². The van der Waals surface area contributed by atoms with E-state index in [2.05, 4.69) is 5.10 Å². The number of aromatic nitrogens is 2. The van der Waals surface area contributed by atoms with Crippen LogP contribution in [0.2, 0.25) is 5.15 Å². The fourth-order valence-corrected chi connectivity index (χ4v) is 2.57. The smallest absolute Gasteiger partial charge is 0.130 e. The Morgan fingerprint density at radius 2 is 1.83 bits per heavy atom. The lowest BCUT2D eigenvalue weighted by Crippen LogP contribution is -2.34. The molecule has 0 spiro atoms. The predicted molar refractivity (Wildman–Crippen MR) is 72.7 cm³/mol. The minimum Gasteiger partial charge on any atom is -0.390 e. The van der Waals surface area contributed by atoms with E-state index in [-0.39, 0.29) is 5.92 Å². The van der Waals surface area contributed by atoms with Crippen molar-refractivity contribution in [1.29, 1.82) is 0 Å². The third kappa shape index (κ3) is 3.25. The first-order valence-electron chi connectivity index (χ1n) is 6.46. The van der Waals surface area contributed by atoms with Crippen molar-refractivity contribution in [2.75, 3.05) is 0 Å². The Labute approximate surface area is 114 Å². The summed E-state index contributed by atoms with van der Waals surface area (Å²) in [6, 6.07) is 0. The molecular formula is C13H23ClN2O2. The van der Waals surface area contributed by atoms with E-state index in [1.165, 1.54) is 0 Å². The first-order chi connectivity index (χ1) is 8.42. The molecule has 0 amide bonds. The Kier molecular flexibility index (Phi) is 5.63. The van der Waals surface area contributed by atoms with Gasteiger partial charge >= 0.3 is 0 Å². The van der Waals surface area contributed by atoms with E-state index in [4.69, 9.17) is 11.6 Å². The lowest BCUT2D eigenvalue weighted by molar-refractivity contribution is -0.0188. The highest BCUT2D eigenvalue weighted by Gasteiger charge is 2.26. The van der Waals surface area contributed by atoms with E-state index in [0.29, 0.717) is 11.6 Å². The average molecular weight is 275 g/mol. The summed E-state index contributed by atoms with van der Waals surface area (Å²) in [4.78, 5) is 0. The van der Waals surface area contributed by atoms with Gasteiger partial charge in [-0.2, -0.15) is 5.10 Å². The maximum absolute atomic E-state index is 10.1. The van der Waals surface area contributed by atoms with Gasteiger partial charge in [-0.15, -0.1) is 0 Å². The van der Waals surface area contributed by atoms with Crippen LogP contribution in [0, 0.1) is 12.8 Å². The van der Waals surface area contributed by atoms with Crippen molar-refractivity contribution < 1.29 is 10.2 Å². The molecule has 0 fully saturated rings. The van der Waals surface area contributed by atoms with Gasteiger partial charge in [0.25, 0.3) is 0 Å². The molecule has 1 aromatic rings. The van der Waals surface area contributed by atoms with Gasteiger partial charge in [-0.25, -0.2) is 0 Å². The van der Waals surface area contributed by atoms with Crippen molar-refractivity contribution >= 4 is 11.6 Å². The highest BCUT2D eigenvalue weighted by atomic mass is 35.5. The van der Waals surface area contributed by atoms with Crippen molar-refractivity contribution in [3.8, 4) is 0 Å². The average Bonchev–Trinajstić information content (AvgIpc) is 2.57. The molecule has 5 heteroatoms. The molecule has 4 nitrogen and oxygen atoms in total. The van der Waals surface area contributed by atoms with E-state index in [1.54, 1.807) is 11.7 Å². The molecule has 0 aliphatic heterocycles. The van der Waals surface area contributed by atoms with Gasteiger partial charge in [0.1, 0.15) is 5.15 Å². The largest absolute Gasteiger partial charge is 0.390 e. The molecule has 1 rings (SSSR count). The van der Waals surface area contributed by atoms with Gasteiger partial charge in [-0.3, -0.25) is 4.68 Å². The van der Waals surface area contributed by atoms with Gasteiger partial charge < -0.3 is 10.2 Å². The van der Waals surface area contributed by atoms with Crippen LogP contribution in [0.15, 0.2) is 0 Å². The van der Waals surface area contributed by atoms with Gasteiger partial charge in [0.2, 0.25) is 0 Å². The maximum Gasteiger partial charge on any atom is 0.130 e. The first-order valence-corrected chi connectivity index (χ1v) is 6.84. The number of hydrogen-bond acceptors (Lipinski definition) is 3. The number of aryl methyl sites for hydroxylation is 2. The second-order valence-electron chi connectivity index (χ2n) is 4.82. The number of rotatable bonds is 6. The second kappa shape index (κ2) is 6.55. The summed E-state index contributed by atoms with van der Waals surface area (Å²) in [6.45, 7) is 5.90. The van der Waals surface area contributed by atoms with Gasteiger partial charge in [-0.1, -0.05) is 38.3 Å². The summed E-state index contributed by atoms with van der Waals surface area (Å²) in [6.07, 6.45) is 0.546. The SMILES string of the molecule is CCC(CC)C(O)C(O)Cc1c(C)nn(C)c1Cl. The quantitative estimate of drug-likeness (QED) is 0.835. The molecule has 0 aromatic carbocycles. The van der Waals surface area contributed by atoms with Crippen LogP contribution < -0.4 is 0 Å². The van der Waals surface area contributed by atoms with Crippen molar-refractivity contribution in [3.05, 3.63) is 16.4 Å². The van der Waals surface area contributed by atoms with Crippen LogP contribution in [0.25, 0.3) is 0 Å². The van der Waals surface area contributed by atoms with Crippen LogP contribution in [0.3, 0.4) is 0 Å². The molecule has 0 saturated carbocycles. The highest BCUT2D eigenvalue weighted by molar-refractivity contribution is 6.30. The normalized spacial score (nSPS) is 15.1. The molecule has 0 aliphatic carbocycles. The minimum atomic E-state index is -0.796. The number of hydrogen-bond donors (Lipinski definition) is 2. The number of nitrogens with zero attached hydrogens (tertiary/aromatic N) is 2. The molecule has 0 radical (unpaired) electrons. The third-order valence-electron chi connectivity index (χ3n) is 3.61. The van der Waals surface area contributed by atoms with Crippen LogP contribution in [-0.4, -0.2) is 32.2 Å². The molecule has 0 saturated heterocycles. The zero-order chi connectivity index (χ0) is 13.9. The summed E-state index contributed by atoms with van der Waals surface area (Å²) < 4.78 is 1.59. The van der Waals surface area contributed by atoms with E-state index in [9.17, 15) is 10.2 Å². The first kappa shape index (κ1) is 15.5. The topological polar surface area (TPSA) is 58.3 Å². The summed E-state index contributed by atoms with van der Waals surface area (Å²) in [7, 11) is 1.77. The molecule has 2 atom stereocenters. The van der Waals surface area contributed by atoms with Gasteiger partial charge in [0, 0.05) is 19.0 Å². The molecule has 0 bridgehead atoms. The van der Waals surface area contributed by atoms with Crippen molar-refractivity contribution in [1.82, 2.24) is 9.78 Å². The summed E-state index contributed by atoms with van der Waals surface area (Å²) in [5.41, 5.74) is 1.62. The lowest BCUT2D eigenvalue weighted by atomic mass is 9.90. The zero-order valence-corrected chi connectivity index (χ0v) is 12.3. The molecule has 1 heterocycles. The number of halogens is 1. The summed E-state index contributed by atoms with van der Waals surface area (Å²) in [5, 5.41) is 25.0. The molecular weight excluding hydrogens is 252 g/mol. The Bertz CT molecular complexity index is 389. The van der Waals surface area contributed by atoms with Crippen molar-refractivity contribution in [3.63, 3.8) is 0 Å². The maximum atomic E-state index is 10.1. The molecule has 104 valence electrons. The van der Waals surface area contributed by atoms with Crippen molar-refractivity contribution in [2.45, 2.75) is 52.2 Å². The van der Waals surface area contributed by atoms with Gasteiger partial charge in [0.05, 0.1) is 17.9 Å². The standard InChI is InChI=1S/C13H23ClN2O2/c1-5-9(6-2)12(18)11(17)7-10-8(3)15-16(4)13(10)14/h9,11-12,17-18H,5-7H2,1-4H3. The fraction of sp³-hybridized carbons (Fsp3) is 0.769. The van der Waals surface area contributed by atoms with Crippen molar-refractivity contribution in [2.24, 2.45) is 13.0 Å². The summed E-state index contributed by atoms with van der Waals surface area (Å²) >= 11 is 6.12. The molecule has 2 unspecified atom stereocenters. The molecule has 0 aliphatic rings. The third-order valence-corrected chi connectivity index (χ3v) is 4.08. The minimum absolute atomic E-state index is 0.121. The molecule has 1 aromatic heterocycles. The fourth-order valence-electron chi connectivity index (χ4n) is 2.32. The van der Waals surface area contributed by atoms with Gasteiger partial charge in [0.15, 0.2) is 0 Å². The Hall–Kier alpha value is -0.580. The van der Waals surface area contributed by atoms with Crippen LogP contribution in [0.1, 0.15) is 37.9 Å². The number of aliphatic hydroxyl groups is 2. The predicted octanol–water partition coefficient (Wildman–Crippen LogP) is 2.08. The van der Waals surface area contributed by atoms with E-state index < -0.39 is 12.2 Å². The Balaban J connectivity index is 2.77. The van der Waals surface area contributed by atoms with Crippen LogP contribution in [-0.2, 0) is 13.5 Å². The van der Waals surface area contributed by atoms with E-state index in [0.717, 1.165) is 24.1 Å². The Morgan fingerprint density at radius 3 is 2.22 bits per heavy atom. The zero-order valence-electron chi connectivity index (χ0n) is 11.5. The summed E-state index contributed by atoms with van der Waals surface area (Å²) in [5.74, 6) is 0.121. The monoisotopic (exact) mass is 274 g/mol. The molecule has 2 N–H and O–H groups in total. The number of aliphatic hydroxyl groups excluding tert-OH is 2. The van der Waals surface area contributed by atoms with Gasteiger partial charge in [-0.05, 0) is 12.8 Å².